The molecule has 4 bridgehead atoms. The molecule has 21 heavy (non-hydrogen) atoms. The standard InChI is InChI=1S/C17H17BrF2O/c18-12-1-2-13(19)14(15(12)20)16(21)17-6-9-3-10(7-17)5-11(4-9)8-17/h1-2,9-11H,3-8H2. The molecule has 1 aromatic carbocycles. The van der Waals surface area contributed by atoms with Crippen molar-refractivity contribution < 1.29 is 13.6 Å². The first-order valence-electron chi connectivity index (χ1n) is 7.67. The maximum Gasteiger partial charge on any atom is 0.174 e. The molecule has 4 aliphatic rings. The second-order valence-corrected chi connectivity index (χ2v) is 8.10. The topological polar surface area (TPSA) is 17.1 Å². The van der Waals surface area contributed by atoms with Gasteiger partial charge in [0, 0.05) is 5.41 Å². The Kier molecular flexibility index (Phi) is 3.04. The van der Waals surface area contributed by atoms with Crippen molar-refractivity contribution in [3.8, 4) is 0 Å². The molecule has 112 valence electrons. The molecule has 0 unspecified atom stereocenters. The monoisotopic (exact) mass is 354 g/mol. The van der Waals surface area contributed by atoms with E-state index >= 15 is 0 Å². The minimum Gasteiger partial charge on any atom is -0.293 e. The number of Topliss-reactive ketones (excluding diaryl/α,β-unsaturated/α-hetero) is 1. The van der Waals surface area contributed by atoms with Crippen molar-refractivity contribution in [3.63, 3.8) is 0 Å². The van der Waals surface area contributed by atoms with E-state index in [0.29, 0.717) is 17.8 Å². The van der Waals surface area contributed by atoms with Crippen molar-refractivity contribution in [2.24, 2.45) is 23.2 Å². The van der Waals surface area contributed by atoms with Crippen LogP contribution in [0.1, 0.15) is 48.9 Å². The Balaban J connectivity index is 1.77. The van der Waals surface area contributed by atoms with E-state index in [0.717, 1.165) is 19.3 Å². The van der Waals surface area contributed by atoms with Gasteiger partial charge in [-0.05, 0) is 84.3 Å². The number of hydrogen-bond donors (Lipinski definition) is 0. The molecule has 0 N–H and O–H groups in total. The summed E-state index contributed by atoms with van der Waals surface area (Å²) in [7, 11) is 0. The minimum atomic E-state index is -0.740. The Bertz CT molecular complexity index is 590. The molecule has 0 heterocycles. The summed E-state index contributed by atoms with van der Waals surface area (Å²) in [6.07, 6.45) is 6.08. The third-order valence-corrected chi connectivity index (χ3v) is 6.40. The first-order valence-corrected chi connectivity index (χ1v) is 8.46. The van der Waals surface area contributed by atoms with Crippen molar-refractivity contribution in [2.45, 2.75) is 38.5 Å². The maximum absolute atomic E-state index is 14.3. The fraction of sp³-hybridized carbons (Fsp3) is 0.588. The van der Waals surface area contributed by atoms with Crippen LogP contribution in [-0.2, 0) is 0 Å². The number of ketones is 1. The average Bonchev–Trinajstić information content (AvgIpc) is 2.42. The second-order valence-electron chi connectivity index (χ2n) is 7.25. The quantitative estimate of drug-likeness (QED) is 0.531. The molecule has 4 fully saturated rings. The molecule has 0 radical (unpaired) electrons. The smallest absolute Gasteiger partial charge is 0.174 e. The number of hydrogen-bond acceptors (Lipinski definition) is 1. The molecular weight excluding hydrogens is 338 g/mol. The molecule has 1 nitrogen and oxygen atoms in total. The molecule has 1 aromatic rings. The number of rotatable bonds is 2. The van der Waals surface area contributed by atoms with E-state index in [4.69, 9.17) is 0 Å². The Morgan fingerprint density at radius 3 is 2.10 bits per heavy atom. The van der Waals surface area contributed by atoms with Crippen molar-refractivity contribution in [3.05, 3.63) is 33.8 Å². The maximum atomic E-state index is 14.3. The normalized spacial score (nSPS) is 37.0. The summed E-state index contributed by atoms with van der Waals surface area (Å²) >= 11 is 3.06. The van der Waals surface area contributed by atoms with Crippen LogP contribution in [0.15, 0.2) is 16.6 Å². The predicted molar refractivity (Wildman–Crippen MR) is 79.0 cm³/mol. The Labute approximate surface area is 131 Å². The van der Waals surface area contributed by atoms with Crippen LogP contribution in [0.2, 0.25) is 0 Å². The molecule has 0 aliphatic heterocycles. The summed E-state index contributed by atoms with van der Waals surface area (Å²) in [4.78, 5) is 13.0. The van der Waals surface area contributed by atoms with Crippen molar-refractivity contribution >= 4 is 21.7 Å². The summed E-state index contributed by atoms with van der Waals surface area (Å²) in [5.74, 6) is -0.0134. The van der Waals surface area contributed by atoms with Crippen molar-refractivity contribution in [1.82, 2.24) is 0 Å². The first-order chi connectivity index (χ1) is 9.98. The van der Waals surface area contributed by atoms with Gasteiger partial charge < -0.3 is 0 Å². The molecular formula is C17H17BrF2O. The number of carbonyl (C=O) groups excluding carboxylic acids is 1. The first kappa shape index (κ1) is 13.9. The van der Waals surface area contributed by atoms with Gasteiger partial charge in [0.1, 0.15) is 5.82 Å². The fourth-order valence-electron chi connectivity index (χ4n) is 5.39. The van der Waals surface area contributed by atoms with Gasteiger partial charge in [-0.15, -0.1) is 0 Å². The highest BCUT2D eigenvalue weighted by Gasteiger charge is 2.55. The molecule has 0 amide bonds. The van der Waals surface area contributed by atoms with Gasteiger partial charge in [-0.25, -0.2) is 8.78 Å². The zero-order chi connectivity index (χ0) is 14.8. The van der Waals surface area contributed by atoms with Crippen LogP contribution in [0, 0.1) is 34.8 Å². The zero-order valence-corrected chi connectivity index (χ0v) is 13.3. The van der Waals surface area contributed by atoms with E-state index < -0.39 is 17.0 Å². The van der Waals surface area contributed by atoms with Crippen LogP contribution < -0.4 is 0 Å². The largest absolute Gasteiger partial charge is 0.293 e. The van der Waals surface area contributed by atoms with Crippen LogP contribution >= 0.6 is 15.9 Å². The lowest BCUT2D eigenvalue weighted by molar-refractivity contribution is -0.0357. The lowest BCUT2D eigenvalue weighted by atomic mass is 9.48. The Hall–Kier alpha value is -0.770. The van der Waals surface area contributed by atoms with Crippen molar-refractivity contribution in [2.75, 3.05) is 0 Å². The van der Waals surface area contributed by atoms with Gasteiger partial charge in [0.25, 0.3) is 0 Å². The van der Waals surface area contributed by atoms with E-state index in [2.05, 4.69) is 15.9 Å². The van der Waals surface area contributed by atoms with E-state index in [9.17, 15) is 13.6 Å². The summed E-state index contributed by atoms with van der Waals surface area (Å²) in [6.45, 7) is 0. The van der Waals surface area contributed by atoms with Gasteiger partial charge in [-0.2, -0.15) is 0 Å². The van der Waals surface area contributed by atoms with Crippen molar-refractivity contribution in [1.29, 1.82) is 0 Å². The van der Waals surface area contributed by atoms with Gasteiger partial charge in [-0.1, -0.05) is 0 Å². The number of carbonyl (C=O) groups is 1. The molecule has 0 aromatic heterocycles. The molecule has 0 atom stereocenters. The molecule has 0 spiro atoms. The SMILES string of the molecule is O=C(c1c(F)ccc(Br)c1F)C12CC3CC(CC(C3)C1)C2. The molecule has 5 rings (SSSR count). The van der Waals surface area contributed by atoms with Gasteiger partial charge in [0.05, 0.1) is 10.0 Å². The van der Waals surface area contributed by atoms with E-state index in [1.54, 1.807) is 0 Å². The Morgan fingerprint density at radius 2 is 1.57 bits per heavy atom. The van der Waals surface area contributed by atoms with Crippen LogP contribution in [0.25, 0.3) is 0 Å². The highest BCUT2D eigenvalue weighted by atomic mass is 79.9. The molecule has 4 heteroatoms. The second kappa shape index (κ2) is 4.61. The zero-order valence-electron chi connectivity index (χ0n) is 11.7. The van der Waals surface area contributed by atoms with Crippen LogP contribution in [-0.4, -0.2) is 5.78 Å². The van der Waals surface area contributed by atoms with Gasteiger partial charge in [0.15, 0.2) is 11.6 Å². The minimum absolute atomic E-state index is 0.164. The average molecular weight is 355 g/mol. The summed E-state index contributed by atoms with van der Waals surface area (Å²) < 4.78 is 28.5. The highest BCUT2D eigenvalue weighted by Crippen LogP contribution is 2.61. The molecule has 4 aliphatic carbocycles. The predicted octanol–water partition coefficient (Wildman–Crippen LogP) is 5.13. The van der Waals surface area contributed by atoms with Crippen LogP contribution in [0.5, 0.6) is 0 Å². The lowest BCUT2D eigenvalue weighted by Gasteiger charge is -2.55. The third-order valence-electron chi connectivity index (χ3n) is 5.79. The fourth-order valence-corrected chi connectivity index (χ4v) is 5.72. The lowest BCUT2D eigenvalue weighted by Crippen LogP contribution is -2.50. The summed E-state index contributed by atoms with van der Waals surface area (Å²) in [5.41, 5.74) is -0.830. The third kappa shape index (κ3) is 2.01. The number of benzene rings is 1. The van der Waals surface area contributed by atoms with Gasteiger partial charge in [-0.3, -0.25) is 4.79 Å². The molecule has 4 saturated carbocycles. The number of halogens is 3. The molecule has 0 saturated heterocycles. The Morgan fingerprint density at radius 1 is 1.05 bits per heavy atom. The van der Waals surface area contributed by atoms with Gasteiger partial charge in [0.2, 0.25) is 0 Å². The summed E-state index contributed by atoms with van der Waals surface area (Å²) in [5, 5.41) is 0. The summed E-state index contributed by atoms with van der Waals surface area (Å²) in [6, 6.07) is 2.50. The van der Waals surface area contributed by atoms with E-state index in [1.165, 1.54) is 31.4 Å². The van der Waals surface area contributed by atoms with E-state index in [1.807, 2.05) is 0 Å². The van der Waals surface area contributed by atoms with Crippen LogP contribution in [0.4, 0.5) is 8.78 Å². The highest BCUT2D eigenvalue weighted by molar-refractivity contribution is 9.10. The van der Waals surface area contributed by atoms with E-state index in [-0.39, 0.29) is 15.8 Å². The van der Waals surface area contributed by atoms with Gasteiger partial charge >= 0.3 is 0 Å². The van der Waals surface area contributed by atoms with Crippen LogP contribution in [0.3, 0.4) is 0 Å².